The number of carbonyl (C=O) groups excluding carboxylic acids is 5. The molecule has 6 atom stereocenters. The zero-order chi connectivity index (χ0) is 45.7. The van der Waals surface area contributed by atoms with E-state index in [9.17, 15) is 33.9 Å². The zero-order valence-corrected chi connectivity index (χ0v) is 37.2. The molecule has 0 aromatic heterocycles. The molecule has 2 saturated carbocycles. The molecule has 0 spiro atoms. The minimum Gasteiger partial charge on any atom is -0.493 e. The summed E-state index contributed by atoms with van der Waals surface area (Å²) >= 11 is 0. The van der Waals surface area contributed by atoms with Crippen molar-refractivity contribution in [2.45, 2.75) is 126 Å². The summed E-state index contributed by atoms with van der Waals surface area (Å²) in [6.07, 6.45) is 10.9. The van der Waals surface area contributed by atoms with Gasteiger partial charge in [-0.2, -0.15) is 0 Å². The van der Waals surface area contributed by atoms with Gasteiger partial charge in [0.05, 0.1) is 45.7 Å². The number of fused-ring (bicyclic) bond motifs is 8. The van der Waals surface area contributed by atoms with Crippen LogP contribution in [0.4, 0.5) is 21.0 Å². The van der Waals surface area contributed by atoms with E-state index in [1.807, 2.05) is 12.1 Å². The second kappa shape index (κ2) is 23.0. The van der Waals surface area contributed by atoms with Gasteiger partial charge in [0.15, 0.2) is 0 Å². The Bertz CT molecular complexity index is 1970. The first kappa shape index (κ1) is 47.3. The van der Waals surface area contributed by atoms with Crippen molar-refractivity contribution < 1.29 is 57.6 Å². The molecule has 8 bridgehead atoms. The van der Waals surface area contributed by atoms with Crippen LogP contribution in [0.5, 0.6) is 11.5 Å². The number of esters is 1. The average molecular weight is 905 g/mol. The summed E-state index contributed by atoms with van der Waals surface area (Å²) in [5, 5.41) is 21.1. The highest BCUT2D eigenvalue weighted by Crippen LogP contribution is 2.32. The summed E-state index contributed by atoms with van der Waals surface area (Å²) in [4.78, 5) is 80.4. The average Bonchev–Trinajstić information content (AvgIpc) is 3.95. The lowest BCUT2D eigenvalue weighted by molar-refractivity contribution is -0.152. The van der Waals surface area contributed by atoms with E-state index < -0.39 is 48.2 Å². The molecule has 2 aliphatic carbocycles. The summed E-state index contributed by atoms with van der Waals surface area (Å²) in [7, 11) is 1.32. The van der Waals surface area contributed by atoms with Gasteiger partial charge in [0.1, 0.15) is 35.7 Å². The normalized spacial score (nSPS) is 27.6. The number of carboxylic acids is 1. The first-order chi connectivity index (χ1) is 31.6. The van der Waals surface area contributed by atoms with Crippen LogP contribution in [-0.4, -0.2) is 134 Å². The van der Waals surface area contributed by atoms with Crippen molar-refractivity contribution >= 4 is 47.2 Å². The Morgan fingerprint density at radius 3 is 1.51 bits per heavy atom. The van der Waals surface area contributed by atoms with E-state index in [1.165, 1.54) is 12.0 Å². The number of amides is 6. The monoisotopic (exact) mass is 904 g/mol. The smallest absolute Gasteiger partial charge is 0.328 e. The second-order valence-corrected chi connectivity index (χ2v) is 17.7. The predicted octanol–water partition coefficient (Wildman–Crippen LogP) is 5.31. The number of nitrogens with zero attached hydrogens (tertiary/aromatic N) is 2. The number of carboxylic acid groups (broad SMARTS) is 1. The first-order valence-corrected chi connectivity index (χ1v) is 23.3. The molecule has 8 rings (SSSR count). The van der Waals surface area contributed by atoms with Crippen LogP contribution in [0.2, 0.25) is 0 Å². The van der Waals surface area contributed by atoms with Crippen LogP contribution in [0.3, 0.4) is 0 Å². The summed E-state index contributed by atoms with van der Waals surface area (Å²) in [6.45, 7) is 2.26. The molecule has 2 aromatic rings. The summed E-state index contributed by atoms with van der Waals surface area (Å²) in [5.74, 6) is -0.816. The zero-order valence-electron chi connectivity index (χ0n) is 37.2. The Balaban J connectivity index is 0.000000194. The molecular formula is C47H64N6O12. The quantitative estimate of drug-likeness (QED) is 0.247. The highest BCUT2D eigenvalue weighted by Gasteiger charge is 2.46. The van der Waals surface area contributed by atoms with E-state index in [0.29, 0.717) is 75.1 Å². The van der Waals surface area contributed by atoms with Crippen LogP contribution < -0.4 is 30.7 Å². The van der Waals surface area contributed by atoms with E-state index in [-0.39, 0.29) is 48.8 Å². The van der Waals surface area contributed by atoms with Crippen LogP contribution in [0.25, 0.3) is 0 Å². The number of carbonyl (C=O) groups is 6. The third-order valence-corrected chi connectivity index (χ3v) is 13.2. The van der Waals surface area contributed by atoms with Crippen LogP contribution in [0, 0.1) is 11.8 Å². The molecule has 2 saturated heterocycles. The largest absolute Gasteiger partial charge is 0.493 e. The molecule has 6 aliphatic rings. The molecule has 18 nitrogen and oxygen atoms in total. The third-order valence-electron chi connectivity index (χ3n) is 13.2. The van der Waals surface area contributed by atoms with E-state index >= 15 is 0 Å². The number of hydrogen-bond acceptors (Lipinski definition) is 11. The molecule has 354 valence electrons. The van der Waals surface area contributed by atoms with Crippen molar-refractivity contribution in [1.82, 2.24) is 20.4 Å². The van der Waals surface area contributed by atoms with Crippen LogP contribution >= 0.6 is 0 Å². The number of rotatable bonds is 4. The maximum Gasteiger partial charge on any atom is 0.328 e. The fourth-order valence-corrected chi connectivity index (χ4v) is 9.91. The number of nitrogens with one attached hydrogen (secondary N) is 4. The van der Waals surface area contributed by atoms with Gasteiger partial charge in [0, 0.05) is 62.3 Å². The van der Waals surface area contributed by atoms with Crippen molar-refractivity contribution in [2.24, 2.45) is 11.8 Å². The lowest BCUT2D eigenvalue weighted by Crippen LogP contribution is -2.56. The predicted molar refractivity (Wildman–Crippen MR) is 238 cm³/mol. The van der Waals surface area contributed by atoms with Crippen LogP contribution in [0.1, 0.15) is 89.9 Å². The lowest BCUT2D eigenvalue weighted by Gasteiger charge is -2.34. The Morgan fingerprint density at radius 2 is 1.06 bits per heavy atom. The van der Waals surface area contributed by atoms with Crippen LogP contribution in [0.15, 0.2) is 48.5 Å². The topological polar surface area (TPSA) is 223 Å². The number of ether oxygens (including phenoxy) is 5. The Morgan fingerprint density at radius 1 is 0.615 bits per heavy atom. The third kappa shape index (κ3) is 12.8. The molecule has 4 fully saturated rings. The molecule has 4 aliphatic heterocycles. The molecule has 6 amide bonds. The van der Waals surface area contributed by atoms with Crippen molar-refractivity contribution in [2.75, 3.05) is 57.3 Å². The van der Waals surface area contributed by atoms with Gasteiger partial charge < -0.3 is 59.9 Å². The van der Waals surface area contributed by atoms with Gasteiger partial charge in [-0.15, -0.1) is 0 Å². The molecule has 0 radical (unpaired) electrons. The number of urea groups is 2. The molecule has 4 heterocycles. The molecule has 65 heavy (non-hydrogen) atoms. The fourth-order valence-electron chi connectivity index (χ4n) is 9.91. The first-order valence-electron chi connectivity index (χ1n) is 23.3. The van der Waals surface area contributed by atoms with E-state index in [1.54, 1.807) is 41.3 Å². The van der Waals surface area contributed by atoms with Gasteiger partial charge in [-0.05, 0) is 61.8 Å². The van der Waals surface area contributed by atoms with Gasteiger partial charge in [-0.3, -0.25) is 9.59 Å². The number of anilines is 2. The van der Waals surface area contributed by atoms with Gasteiger partial charge in [0.2, 0.25) is 11.8 Å². The maximum atomic E-state index is 13.7. The van der Waals surface area contributed by atoms with Gasteiger partial charge in [-0.1, -0.05) is 50.7 Å². The highest BCUT2D eigenvalue weighted by atomic mass is 16.5. The van der Waals surface area contributed by atoms with E-state index in [4.69, 9.17) is 23.7 Å². The summed E-state index contributed by atoms with van der Waals surface area (Å²) in [6, 6.07) is 10.1. The Hall–Kier alpha value is -5.62. The Kier molecular flexibility index (Phi) is 16.8. The van der Waals surface area contributed by atoms with Gasteiger partial charge >= 0.3 is 24.0 Å². The van der Waals surface area contributed by atoms with Gasteiger partial charge in [-0.25, -0.2) is 19.2 Å². The number of benzene rings is 2. The number of hydrogen-bond donors (Lipinski definition) is 5. The summed E-state index contributed by atoms with van der Waals surface area (Å²) in [5.41, 5.74) is 1.14. The van der Waals surface area contributed by atoms with Crippen LogP contribution in [-0.2, 0) is 33.4 Å². The molecule has 2 aromatic carbocycles. The van der Waals surface area contributed by atoms with Crippen molar-refractivity contribution in [1.29, 1.82) is 0 Å². The second-order valence-electron chi connectivity index (χ2n) is 17.7. The number of aliphatic carboxylic acids is 1. The molecule has 5 N–H and O–H groups in total. The van der Waals surface area contributed by atoms with Crippen molar-refractivity contribution in [3.8, 4) is 11.5 Å². The molecule has 0 unspecified atom stereocenters. The number of methoxy groups -OCH3 is 1. The Labute approximate surface area is 379 Å². The minimum absolute atomic E-state index is 0.0174. The minimum atomic E-state index is -1.05. The maximum absolute atomic E-state index is 13.7. The van der Waals surface area contributed by atoms with E-state index in [0.717, 1.165) is 64.2 Å². The standard InChI is InChI=1S/C24H33N3O6.C23H31N3O6/c1-31-23(29)20-14-19-15-27(20)22(28)21(16-7-3-2-4-8-16)26-24(30)25-17-9-5-10-18(13-17)32-11-6-12-33-19;27-21-20(15-6-2-1-3-7-15)25-23(30)24-16-8-4-9-17(12-16)31-10-5-11-32-18-13-19(22(28)29)26(21)14-18/h5,9-10,13,16,19-21H,2-4,6-8,11-12,14-15H2,1H3,(H2,25,26,30);4,8-9,12,15,18-20H,1-3,5-7,10-11,13-14H2,(H,28,29)(H2,24,25,30)/t19-,20+,21+;18-,19+,20+/m11/s1. The SMILES string of the molecule is COC(=O)[C@@H]1C[C@@H]2CN1C(=O)[C@H](C1CCCCC1)NC(=O)Nc1cccc(c1)OCCCO2.O=C1Nc2cccc(c2)OCCCO[C@@H]2C[C@@H](C(=O)O)N(C2)C(=O)[C@H](C2CCCCC2)N1. The van der Waals surface area contributed by atoms with E-state index in [2.05, 4.69) is 21.3 Å². The lowest BCUT2D eigenvalue weighted by atomic mass is 9.83. The van der Waals surface area contributed by atoms with Crippen molar-refractivity contribution in [3.05, 3.63) is 48.5 Å². The van der Waals surface area contributed by atoms with Crippen molar-refractivity contribution in [3.63, 3.8) is 0 Å². The molecule has 18 heteroatoms. The fraction of sp³-hybridized carbons (Fsp3) is 0.617. The summed E-state index contributed by atoms with van der Waals surface area (Å²) < 4.78 is 28.4. The molecular weight excluding hydrogens is 841 g/mol. The van der Waals surface area contributed by atoms with Gasteiger partial charge in [0.25, 0.3) is 0 Å². The highest BCUT2D eigenvalue weighted by molar-refractivity contribution is 5.96.